The van der Waals surface area contributed by atoms with Crippen LogP contribution in [0, 0.1) is 0 Å². The normalized spacial score (nSPS) is 11.2. The largest absolute Gasteiger partial charge is 0.417 e. The van der Waals surface area contributed by atoms with Crippen molar-refractivity contribution >= 4 is 27.7 Å². The molecule has 0 atom stereocenters. The minimum absolute atomic E-state index is 0.0774. The standard InChI is InChI=1S/C12H7BrF3N3O/c13-7-1-2-8(9(5-7)12(14,15)16)11(20)19-10-6-17-3-4-18-10/h1-6H,(H,18,19,20). The van der Waals surface area contributed by atoms with Crippen LogP contribution < -0.4 is 5.32 Å². The first-order valence-corrected chi connectivity index (χ1v) is 6.11. The SMILES string of the molecule is O=C(Nc1cnccn1)c1ccc(Br)cc1C(F)(F)F. The zero-order chi connectivity index (χ0) is 14.8. The molecule has 8 heteroatoms. The quantitative estimate of drug-likeness (QED) is 0.906. The minimum Gasteiger partial charge on any atom is -0.305 e. The van der Waals surface area contributed by atoms with Crippen LogP contribution in [-0.4, -0.2) is 15.9 Å². The Bertz CT molecular complexity index is 632. The van der Waals surface area contributed by atoms with Crippen molar-refractivity contribution in [2.24, 2.45) is 0 Å². The van der Waals surface area contributed by atoms with Gasteiger partial charge in [-0.1, -0.05) is 15.9 Å². The zero-order valence-electron chi connectivity index (χ0n) is 9.78. The van der Waals surface area contributed by atoms with E-state index in [9.17, 15) is 18.0 Å². The second-order valence-electron chi connectivity index (χ2n) is 3.73. The summed E-state index contributed by atoms with van der Waals surface area (Å²) in [6.07, 6.45) is -0.679. The van der Waals surface area contributed by atoms with E-state index in [0.29, 0.717) is 0 Å². The summed E-state index contributed by atoms with van der Waals surface area (Å²) in [7, 11) is 0. The lowest BCUT2D eigenvalue weighted by Crippen LogP contribution is -2.19. The van der Waals surface area contributed by atoms with E-state index < -0.39 is 23.2 Å². The van der Waals surface area contributed by atoms with Crippen LogP contribution in [0.3, 0.4) is 0 Å². The summed E-state index contributed by atoms with van der Waals surface area (Å²) in [5, 5.41) is 2.26. The Morgan fingerprint density at radius 2 is 2.00 bits per heavy atom. The third-order valence-corrected chi connectivity index (χ3v) is 2.83. The number of carbonyl (C=O) groups excluding carboxylic acids is 1. The number of alkyl halides is 3. The molecule has 1 aromatic carbocycles. The van der Waals surface area contributed by atoms with E-state index in [4.69, 9.17) is 0 Å². The Labute approximate surface area is 120 Å². The van der Waals surface area contributed by atoms with E-state index in [0.717, 1.165) is 12.1 Å². The number of amides is 1. The summed E-state index contributed by atoms with van der Waals surface area (Å²) >= 11 is 2.95. The van der Waals surface area contributed by atoms with E-state index in [-0.39, 0.29) is 10.3 Å². The summed E-state index contributed by atoms with van der Waals surface area (Å²) in [6.45, 7) is 0. The van der Waals surface area contributed by atoms with Crippen molar-refractivity contribution in [3.05, 3.63) is 52.4 Å². The van der Waals surface area contributed by atoms with Gasteiger partial charge in [0.05, 0.1) is 17.3 Å². The van der Waals surface area contributed by atoms with Crippen molar-refractivity contribution in [3.8, 4) is 0 Å². The number of carbonyl (C=O) groups is 1. The molecule has 1 N–H and O–H groups in total. The fourth-order valence-electron chi connectivity index (χ4n) is 1.50. The van der Waals surface area contributed by atoms with Crippen molar-refractivity contribution in [1.82, 2.24) is 9.97 Å². The maximum atomic E-state index is 12.9. The Morgan fingerprint density at radius 3 is 2.60 bits per heavy atom. The first kappa shape index (κ1) is 14.4. The number of benzene rings is 1. The van der Waals surface area contributed by atoms with Crippen LogP contribution in [0.1, 0.15) is 15.9 Å². The molecule has 0 saturated heterocycles. The molecule has 0 saturated carbocycles. The maximum absolute atomic E-state index is 12.9. The average molecular weight is 346 g/mol. The predicted molar refractivity (Wildman–Crippen MR) is 69.1 cm³/mol. The van der Waals surface area contributed by atoms with Gasteiger partial charge in [-0.15, -0.1) is 0 Å². The van der Waals surface area contributed by atoms with Crippen LogP contribution in [0.4, 0.5) is 19.0 Å². The Hall–Kier alpha value is -1.96. The molecule has 2 aromatic rings. The number of halogens is 4. The third-order valence-electron chi connectivity index (χ3n) is 2.34. The second kappa shape index (κ2) is 5.58. The van der Waals surface area contributed by atoms with Crippen LogP contribution in [0.15, 0.2) is 41.3 Å². The Morgan fingerprint density at radius 1 is 1.25 bits per heavy atom. The molecule has 0 aliphatic rings. The Kier molecular flexibility index (Phi) is 4.03. The van der Waals surface area contributed by atoms with Gasteiger partial charge in [0, 0.05) is 16.9 Å². The van der Waals surface area contributed by atoms with Crippen molar-refractivity contribution in [1.29, 1.82) is 0 Å². The molecule has 0 aliphatic heterocycles. The highest BCUT2D eigenvalue weighted by atomic mass is 79.9. The summed E-state index contributed by atoms with van der Waals surface area (Å²) in [5.74, 6) is -0.820. The number of anilines is 1. The molecule has 1 amide bonds. The van der Waals surface area contributed by atoms with Gasteiger partial charge < -0.3 is 5.32 Å². The number of hydrogen-bond donors (Lipinski definition) is 1. The minimum atomic E-state index is -4.63. The molecule has 0 bridgehead atoms. The van der Waals surface area contributed by atoms with Gasteiger partial charge in [0.1, 0.15) is 0 Å². The summed E-state index contributed by atoms with van der Waals surface area (Å²) in [4.78, 5) is 19.4. The lowest BCUT2D eigenvalue weighted by Gasteiger charge is -2.12. The summed E-state index contributed by atoms with van der Waals surface area (Å²) < 4.78 is 38.9. The molecule has 1 aromatic heterocycles. The van der Waals surface area contributed by atoms with E-state index in [1.807, 2.05) is 0 Å². The van der Waals surface area contributed by atoms with Gasteiger partial charge in [-0.3, -0.25) is 9.78 Å². The molecule has 0 fully saturated rings. The molecule has 20 heavy (non-hydrogen) atoms. The van der Waals surface area contributed by atoms with E-state index in [1.165, 1.54) is 24.7 Å². The first-order chi connectivity index (χ1) is 9.38. The number of rotatable bonds is 2. The highest BCUT2D eigenvalue weighted by Crippen LogP contribution is 2.34. The van der Waals surface area contributed by atoms with Gasteiger partial charge in [-0.05, 0) is 18.2 Å². The first-order valence-electron chi connectivity index (χ1n) is 5.32. The predicted octanol–water partition coefficient (Wildman–Crippen LogP) is 3.51. The van der Waals surface area contributed by atoms with E-state index in [2.05, 4.69) is 31.2 Å². The van der Waals surface area contributed by atoms with Gasteiger partial charge in [0.25, 0.3) is 5.91 Å². The lowest BCUT2D eigenvalue weighted by molar-refractivity contribution is -0.137. The topological polar surface area (TPSA) is 54.9 Å². The van der Waals surface area contributed by atoms with Crippen LogP contribution in [0.2, 0.25) is 0 Å². The third kappa shape index (κ3) is 3.32. The van der Waals surface area contributed by atoms with Crippen molar-refractivity contribution in [2.75, 3.05) is 5.32 Å². The maximum Gasteiger partial charge on any atom is 0.417 e. The molecule has 1 heterocycles. The van der Waals surface area contributed by atoms with Crippen LogP contribution in [0.25, 0.3) is 0 Å². The van der Waals surface area contributed by atoms with Crippen molar-refractivity contribution in [2.45, 2.75) is 6.18 Å². The highest BCUT2D eigenvalue weighted by Gasteiger charge is 2.35. The zero-order valence-corrected chi connectivity index (χ0v) is 11.4. The van der Waals surface area contributed by atoms with Crippen LogP contribution in [0.5, 0.6) is 0 Å². The Balaban J connectivity index is 2.35. The van der Waals surface area contributed by atoms with Gasteiger partial charge in [-0.2, -0.15) is 13.2 Å². The van der Waals surface area contributed by atoms with Gasteiger partial charge in [0.2, 0.25) is 0 Å². The molecular formula is C12H7BrF3N3O. The number of nitrogens with one attached hydrogen (secondary N) is 1. The van der Waals surface area contributed by atoms with E-state index in [1.54, 1.807) is 0 Å². The molecule has 0 aliphatic carbocycles. The molecule has 0 spiro atoms. The number of aromatic nitrogens is 2. The molecule has 0 unspecified atom stereocenters. The van der Waals surface area contributed by atoms with Crippen molar-refractivity contribution in [3.63, 3.8) is 0 Å². The molecule has 4 nitrogen and oxygen atoms in total. The van der Waals surface area contributed by atoms with Crippen LogP contribution >= 0.6 is 15.9 Å². The number of hydrogen-bond acceptors (Lipinski definition) is 3. The van der Waals surface area contributed by atoms with Crippen molar-refractivity contribution < 1.29 is 18.0 Å². The molecule has 2 rings (SSSR count). The van der Waals surface area contributed by atoms with Crippen LogP contribution in [-0.2, 0) is 6.18 Å². The summed E-state index contributed by atoms with van der Waals surface area (Å²) in [5.41, 5.74) is -1.50. The van der Waals surface area contributed by atoms with E-state index >= 15 is 0 Å². The highest BCUT2D eigenvalue weighted by molar-refractivity contribution is 9.10. The fraction of sp³-hybridized carbons (Fsp3) is 0.0833. The fourth-order valence-corrected chi connectivity index (χ4v) is 1.86. The molecule has 104 valence electrons. The summed E-state index contributed by atoms with van der Waals surface area (Å²) in [6, 6.07) is 3.31. The van der Waals surface area contributed by atoms with Gasteiger partial charge >= 0.3 is 6.18 Å². The molecule has 0 radical (unpaired) electrons. The van der Waals surface area contributed by atoms with Gasteiger partial charge in [-0.25, -0.2) is 4.98 Å². The van der Waals surface area contributed by atoms with Gasteiger partial charge in [0.15, 0.2) is 5.82 Å². The monoisotopic (exact) mass is 345 g/mol. The average Bonchev–Trinajstić information content (AvgIpc) is 2.38. The second-order valence-corrected chi connectivity index (χ2v) is 4.65. The molecular weight excluding hydrogens is 339 g/mol. The number of nitrogens with zero attached hydrogens (tertiary/aromatic N) is 2. The smallest absolute Gasteiger partial charge is 0.305 e. The lowest BCUT2D eigenvalue weighted by atomic mass is 10.1.